The summed E-state index contributed by atoms with van der Waals surface area (Å²) in [5.74, 6) is -0.649. The number of nitrogens with zero attached hydrogens (tertiary/aromatic N) is 4. The summed E-state index contributed by atoms with van der Waals surface area (Å²) in [6.07, 6.45) is 2.11. The number of rotatable bonds is 5. The van der Waals surface area contributed by atoms with Gasteiger partial charge in [0.25, 0.3) is 0 Å². The van der Waals surface area contributed by atoms with Crippen LogP contribution in [-0.2, 0) is 21.2 Å². The number of piperazine rings is 1. The van der Waals surface area contributed by atoms with Gasteiger partial charge in [-0.25, -0.2) is 17.8 Å². The summed E-state index contributed by atoms with van der Waals surface area (Å²) in [4.78, 5) is 22.1. The molecular formula is C24H27FN4O3S2. The zero-order valence-electron chi connectivity index (χ0n) is 19.0. The molecule has 5 rings (SSSR count). The third kappa shape index (κ3) is 4.30. The van der Waals surface area contributed by atoms with Gasteiger partial charge in [-0.1, -0.05) is 24.3 Å². The molecule has 2 fully saturated rings. The summed E-state index contributed by atoms with van der Waals surface area (Å²) in [5.41, 5.74) is 2.28. The molecule has 0 spiro atoms. The van der Waals surface area contributed by atoms with Crippen LogP contribution in [0.2, 0.25) is 0 Å². The van der Waals surface area contributed by atoms with Gasteiger partial charge in [-0.2, -0.15) is 4.31 Å². The number of aryl methyl sites for hydroxylation is 1. The molecule has 3 aromatic rings. The average Bonchev–Trinajstić information content (AvgIpc) is 3.51. The van der Waals surface area contributed by atoms with Gasteiger partial charge in [0.05, 0.1) is 15.1 Å². The Labute approximate surface area is 202 Å². The molecule has 0 radical (unpaired) electrons. The van der Waals surface area contributed by atoms with E-state index in [9.17, 15) is 17.6 Å². The topological polar surface area (TPSA) is 73.8 Å². The largest absolute Gasteiger partial charge is 0.345 e. The minimum Gasteiger partial charge on any atom is -0.345 e. The number of carbonyl (C=O) groups excluding carboxylic acids is 1. The van der Waals surface area contributed by atoms with Crippen molar-refractivity contribution in [2.45, 2.75) is 37.1 Å². The fourth-order valence-corrected chi connectivity index (χ4v) is 7.39. The molecule has 0 N–H and O–H groups in total. The average molecular weight is 503 g/mol. The van der Waals surface area contributed by atoms with E-state index in [4.69, 9.17) is 4.98 Å². The number of fused-ring (bicyclic) bond motifs is 1. The van der Waals surface area contributed by atoms with Crippen molar-refractivity contribution in [2.75, 3.05) is 37.6 Å². The highest BCUT2D eigenvalue weighted by molar-refractivity contribution is 7.89. The van der Waals surface area contributed by atoms with Crippen LogP contribution in [0.4, 0.5) is 9.52 Å². The summed E-state index contributed by atoms with van der Waals surface area (Å²) < 4.78 is 42.0. The third-order valence-corrected chi connectivity index (χ3v) is 9.62. The van der Waals surface area contributed by atoms with Gasteiger partial charge in [0.2, 0.25) is 15.9 Å². The molecule has 3 heterocycles. The second-order valence-electron chi connectivity index (χ2n) is 8.69. The number of hydrogen-bond acceptors (Lipinski definition) is 6. The molecular weight excluding hydrogens is 475 g/mol. The van der Waals surface area contributed by atoms with Gasteiger partial charge >= 0.3 is 0 Å². The number of amides is 1. The number of hydrogen-bond donors (Lipinski definition) is 0. The summed E-state index contributed by atoms with van der Waals surface area (Å²) >= 11 is 1.67. The van der Waals surface area contributed by atoms with E-state index < -0.39 is 21.9 Å². The van der Waals surface area contributed by atoms with E-state index >= 15 is 0 Å². The maximum Gasteiger partial charge on any atom is 0.243 e. The Morgan fingerprint density at radius 2 is 1.82 bits per heavy atom. The molecule has 10 heteroatoms. The maximum absolute atomic E-state index is 13.3. The molecule has 1 unspecified atom stereocenters. The first kappa shape index (κ1) is 23.2. The first-order valence-corrected chi connectivity index (χ1v) is 13.8. The summed E-state index contributed by atoms with van der Waals surface area (Å²) in [6, 6.07) is 10.4. The molecule has 2 saturated heterocycles. The minimum absolute atomic E-state index is 0.0143. The van der Waals surface area contributed by atoms with Gasteiger partial charge in [0, 0.05) is 32.7 Å². The van der Waals surface area contributed by atoms with Gasteiger partial charge < -0.3 is 9.80 Å². The Bertz CT molecular complexity index is 1300. The van der Waals surface area contributed by atoms with Crippen molar-refractivity contribution >= 4 is 42.6 Å². The highest BCUT2D eigenvalue weighted by Crippen LogP contribution is 2.31. The van der Waals surface area contributed by atoms with Gasteiger partial charge in [-0.3, -0.25) is 4.79 Å². The maximum atomic E-state index is 13.3. The molecule has 0 saturated carbocycles. The molecule has 7 nitrogen and oxygen atoms in total. The van der Waals surface area contributed by atoms with Crippen LogP contribution in [0.1, 0.15) is 25.3 Å². The SMILES string of the molecule is CCc1ccc2nc(N3CCN(C(=O)C4CCCN4S(=O)(=O)c4ccc(F)cc4)CC3)sc2c1. The quantitative estimate of drug-likeness (QED) is 0.534. The molecule has 1 atom stereocenters. The monoisotopic (exact) mass is 502 g/mol. The van der Waals surface area contributed by atoms with Crippen LogP contribution in [0.3, 0.4) is 0 Å². The third-order valence-electron chi connectivity index (χ3n) is 6.62. The fourth-order valence-electron chi connectivity index (χ4n) is 4.66. The van der Waals surface area contributed by atoms with Crippen molar-refractivity contribution in [3.05, 3.63) is 53.8 Å². The van der Waals surface area contributed by atoms with Crippen LogP contribution in [0.5, 0.6) is 0 Å². The lowest BCUT2D eigenvalue weighted by Gasteiger charge is -2.37. The van der Waals surface area contributed by atoms with Crippen molar-refractivity contribution in [1.29, 1.82) is 0 Å². The van der Waals surface area contributed by atoms with E-state index in [1.807, 2.05) is 0 Å². The Hall–Kier alpha value is -2.56. The predicted molar refractivity (Wildman–Crippen MR) is 131 cm³/mol. The predicted octanol–water partition coefficient (Wildman–Crippen LogP) is 3.50. The standard InChI is InChI=1S/C24H27FN4O3S2/c1-2-17-5-10-20-22(16-17)33-24(26-20)28-14-12-27(13-15-28)23(30)21-4-3-11-29(21)34(31,32)19-8-6-18(25)7-9-19/h5-10,16,21H,2-4,11-15H2,1H3. The van der Waals surface area contributed by atoms with Crippen molar-refractivity contribution < 1.29 is 17.6 Å². The zero-order valence-corrected chi connectivity index (χ0v) is 20.6. The lowest BCUT2D eigenvalue weighted by Crippen LogP contribution is -2.54. The Morgan fingerprint density at radius 1 is 1.09 bits per heavy atom. The second-order valence-corrected chi connectivity index (χ2v) is 11.6. The number of sulfonamides is 1. The van der Waals surface area contributed by atoms with Gasteiger partial charge in [0.1, 0.15) is 11.9 Å². The molecule has 2 aliphatic heterocycles. The van der Waals surface area contributed by atoms with Crippen LogP contribution in [0.15, 0.2) is 47.4 Å². The van der Waals surface area contributed by atoms with Crippen LogP contribution in [-0.4, -0.2) is 67.3 Å². The van der Waals surface area contributed by atoms with E-state index in [0.29, 0.717) is 45.6 Å². The van der Waals surface area contributed by atoms with E-state index in [2.05, 4.69) is 30.0 Å². The van der Waals surface area contributed by atoms with E-state index in [0.717, 1.165) is 29.2 Å². The first-order valence-electron chi connectivity index (χ1n) is 11.6. The molecule has 0 bridgehead atoms. The lowest BCUT2D eigenvalue weighted by molar-refractivity contribution is -0.134. The number of halogens is 1. The number of aromatic nitrogens is 1. The van der Waals surface area contributed by atoms with Crippen molar-refractivity contribution in [1.82, 2.24) is 14.2 Å². The lowest BCUT2D eigenvalue weighted by atomic mass is 10.2. The highest BCUT2D eigenvalue weighted by Gasteiger charge is 2.41. The molecule has 1 aromatic heterocycles. The molecule has 180 valence electrons. The summed E-state index contributed by atoms with van der Waals surface area (Å²) in [6.45, 7) is 4.79. The highest BCUT2D eigenvalue weighted by atomic mass is 32.2. The summed E-state index contributed by atoms with van der Waals surface area (Å²) in [5, 5.41) is 0.955. The molecule has 2 aliphatic rings. The van der Waals surface area contributed by atoms with Crippen LogP contribution >= 0.6 is 11.3 Å². The van der Waals surface area contributed by atoms with Crippen LogP contribution < -0.4 is 4.90 Å². The Kier molecular flexibility index (Phi) is 6.30. The van der Waals surface area contributed by atoms with Gasteiger partial charge in [0.15, 0.2) is 5.13 Å². The number of benzene rings is 2. The molecule has 1 amide bonds. The van der Waals surface area contributed by atoms with Crippen LogP contribution in [0, 0.1) is 5.82 Å². The van der Waals surface area contributed by atoms with Crippen molar-refractivity contribution in [3.63, 3.8) is 0 Å². The fraction of sp³-hybridized carbons (Fsp3) is 0.417. The Morgan fingerprint density at radius 3 is 2.53 bits per heavy atom. The van der Waals surface area contributed by atoms with Gasteiger partial charge in [-0.15, -0.1) is 0 Å². The van der Waals surface area contributed by atoms with E-state index in [1.54, 1.807) is 16.2 Å². The molecule has 2 aromatic carbocycles. The van der Waals surface area contributed by atoms with Gasteiger partial charge in [-0.05, 0) is 61.2 Å². The van der Waals surface area contributed by atoms with Crippen LogP contribution in [0.25, 0.3) is 10.2 Å². The number of anilines is 1. The molecule has 34 heavy (non-hydrogen) atoms. The normalized spacial score (nSPS) is 19.8. The smallest absolute Gasteiger partial charge is 0.243 e. The molecule has 0 aliphatic carbocycles. The minimum atomic E-state index is -3.86. The number of carbonyl (C=O) groups is 1. The number of thiazole rings is 1. The van der Waals surface area contributed by atoms with E-state index in [-0.39, 0.29) is 10.8 Å². The first-order chi connectivity index (χ1) is 16.4. The second kappa shape index (κ2) is 9.24. The summed E-state index contributed by atoms with van der Waals surface area (Å²) in [7, 11) is -3.86. The zero-order chi connectivity index (χ0) is 23.9. The Balaban J connectivity index is 1.26. The van der Waals surface area contributed by atoms with Crippen molar-refractivity contribution in [2.24, 2.45) is 0 Å². The van der Waals surface area contributed by atoms with E-state index in [1.165, 1.54) is 26.7 Å². The van der Waals surface area contributed by atoms with Crippen molar-refractivity contribution in [3.8, 4) is 0 Å².